The number of fused-ring (bicyclic) bond motifs is 1. The number of nitrogens with one attached hydrogen (secondary N) is 1. The molecule has 2 aromatic carbocycles. The highest BCUT2D eigenvalue weighted by Gasteiger charge is 2.18. The summed E-state index contributed by atoms with van der Waals surface area (Å²) >= 11 is 0. The Morgan fingerprint density at radius 1 is 1.08 bits per heavy atom. The van der Waals surface area contributed by atoms with Crippen molar-refractivity contribution in [1.29, 1.82) is 0 Å². The van der Waals surface area contributed by atoms with Crippen molar-refractivity contribution >= 4 is 16.7 Å². The summed E-state index contributed by atoms with van der Waals surface area (Å²) in [6.07, 6.45) is 3.67. The van der Waals surface area contributed by atoms with Crippen molar-refractivity contribution < 1.29 is 4.79 Å². The van der Waals surface area contributed by atoms with Gasteiger partial charge in [-0.15, -0.1) is 0 Å². The Kier molecular flexibility index (Phi) is 4.89. The van der Waals surface area contributed by atoms with Crippen LogP contribution in [0.25, 0.3) is 10.8 Å². The first-order valence-electron chi connectivity index (χ1n) is 8.23. The van der Waals surface area contributed by atoms with Gasteiger partial charge in [0.25, 0.3) is 0 Å². The average Bonchev–Trinajstić information content (AvgIpc) is 3.07. The normalized spacial score (nSPS) is 12.5. The van der Waals surface area contributed by atoms with E-state index in [9.17, 15) is 4.79 Å². The summed E-state index contributed by atoms with van der Waals surface area (Å²) < 4.78 is 0. The van der Waals surface area contributed by atoms with E-state index >= 15 is 0 Å². The molecule has 1 heterocycles. The van der Waals surface area contributed by atoms with Gasteiger partial charge < -0.3 is 5.32 Å². The van der Waals surface area contributed by atoms with Gasteiger partial charge in [-0.3, -0.25) is 4.79 Å². The van der Waals surface area contributed by atoms with E-state index in [0.717, 1.165) is 16.3 Å². The summed E-state index contributed by atoms with van der Waals surface area (Å²) in [6.45, 7) is 4.75. The average molecular weight is 322 g/mol. The van der Waals surface area contributed by atoms with Crippen LogP contribution in [0.15, 0.2) is 54.9 Å². The summed E-state index contributed by atoms with van der Waals surface area (Å²) in [7, 11) is 0. The van der Waals surface area contributed by atoms with Gasteiger partial charge in [0.05, 0.1) is 31.4 Å². The number of aromatic nitrogens is 3. The van der Waals surface area contributed by atoms with Gasteiger partial charge in [0.1, 0.15) is 0 Å². The summed E-state index contributed by atoms with van der Waals surface area (Å²) in [5.41, 5.74) is 1.05. The molecule has 0 fully saturated rings. The lowest BCUT2D eigenvalue weighted by atomic mass is 10.0. The zero-order valence-electron chi connectivity index (χ0n) is 14.0. The van der Waals surface area contributed by atoms with Crippen LogP contribution in [-0.4, -0.2) is 26.9 Å². The smallest absolute Gasteiger partial charge is 0.224 e. The Morgan fingerprint density at radius 2 is 1.79 bits per heavy atom. The Hall–Kier alpha value is -2.69. The number of nitrogens with zero attached hydrogens (tertiary/aromatic N) is 3. The van der Waals surface area contributed by atoms with Crippen molar-refractivity contribution in [3.63, 3.8) is 0 Å². The van der Waals surface area contributed by atoms with Crippen LogP contribution in [-0.2, 0) is 17.8 Å². The maximum atomic E-state index is 12.5. The highest BCUT2D eigenvalue weighted by atomic mass is 16.1. The number of rotatable bonds is 6. The first-order chi connectivity index (χ1) is 11.6. The minimum Gasteiger partial charge on any atom is -0.351 e. The molecule has 0 bridgehead atoms. The van der Waals surface area contributed by atoms with E-state index in [1.165, 1.54) is 0 Å². The Morgan fingerprint density at radius 3 is 2.54 bits per heavy atom. The van der Waals surface area contributed by atoms with Crippen molar-refractivity contribution in [2.75, 3.05) is 0 Å². The lowest BCUT2D eigenvalue weighted by Crippen LogP contribution is -2.42. The van der Waals surface area contributed by atoms with Gasteiger partial charge >= 0.3 is 0 Å². The fourth-order valence-corrected chi connectivity index (χ4v) is 2.81. The van der Waals surface area contributed by atoms with Gasteiger partial charge in [-0.2, -0.15) is 15.0 Å². The van der Waals surface area contributed by atoms with Crippen molar-refractivity contribution in [3.8, 4) is 0 Å². The topological polar surface area (TPSA) is 59.8 Å². The third-order valence-electron chi connectivity index (χ3n) is 4.21. The lowest BCUT2D eigenvalue weighted by Gasteiger charge is -2.22. The molecule has 0 aliphatic carbocycles. The third kappa shape index (κ3) is 3.79. The molecule has 0 saturated heterocycles. The van der Waals surface area contributed by atoms with Gasteiger partial charge in [-0.05, 0) is 22.3 Å². The summed E-state index contributed by atoms with van der Waals surface area (Å²) in [5.74, 6) is 0.324. The molecule has 3 rings (SSSR count). The van der Waals surface area contributed by atoms with Gasteiger partial charge in [-0.1, -0.05) is 56.3 Å². The molecule has 0 aliphatic rings. The molecule has 1 atom stereocenters. The maximum absolute atomic E-state index is 12.5. The number of carbonyl (C=O) groups is 1. The summed E-state index contributed by atoms with van der Waals surface area (Å²) in [6, 6.07) is 14.2. The molecule has 0 spiro atoms. The third-order valence-corrected chi connectivity index (χ3v) is 4.21. The Labute approximate surface area is 141 Å². The van der Waals surface area contributed by atoms with Crippen LogP contribution in [0.3, 0.4) is 0 Å². The van der Waals surface area contributed by atoms with Gasteiger partial charge in [0.15, 0.2) is 0 Å². The highest BCUT2D eigenvalue weighted by Crippen LogP contribution is 2.19. The molecule has 124 valence electrons. The second-order valence-electron chi connectivity index (χ2n) is 6.32. The fourth-order valence-electron chi connectivity index (χ4n) is 2.81. The lowest BCUT2D eigenvalue weighted by molar-refractivity contribution is -0.121. The van der Waals surface area contributed by atoms with Crippen LogP contribution in [0.2, 0.25) is 0 Å². The molecule has 5 heteroatoms. The second-order valence-corrected chi connectivity index (χ2v) is 6.32. The highest BCUT2D eigenvalue weighted by molar-refractivity contribution is 5.90. The molecule has 1 N–H and O–H groups in total. The molecule has 24 heavy (non-hydrogen) atoms. The zero-order chi connectivity index (χ0) is 16.9. The number of hydrogen-bond acceptors (Lipinski definition) is 3. The number of carbonyl (C=O) groups excluding carboxylic acids is 1. The van der Waals surface area contributed by atoms with Crippen molar-refractivity contribution in [2.24, 2.45) is 5.92 Å². The largest absolute Gasteiger partial charge is 0.351 e. The molecule has 5 nitrogen and oxygen atoms in total. The van der Waals surface area contributed by atoms with E-state index < -0.39 is 0 Å². The van der Waals surface area contributed by atoms with Crippen LogP contribution in [0.4, 0.5) is 0 Å². The molecular formula is C19H22N4O. The van der Waals surface area contributed by atoms with E-state index in [2.05, 4.69) is 47.6 Å². The fraction of sp³-hybridized carbons (Fsp3) is 0.316. The first kappa shape index (κ1) is 16.2. The van der Waals surface area contributed by atoms with Crippen LogP contribution in [0.1, 0.15) is 19.4 Å². The van der Waals surface area contributed by atoms with E-state index in [4.69, 9.17) is 0 Å². The van der Waals surface area contributed by atoms with Crippen LogP contribution < -0.4 is 5.32 Å². The Balaban J connectivity index is 1.71. The zero-order valence-corrected chi connectivity index (χ0v) is 14.0. The Bertz CT molecular complexity index is 806. The van der Waals surface area contributed by atoms with E-state index in [0.29, 0.717) is 18.9 Å². The van der Waals surface area contributed by atoms with Crippen LogP contribution in [0, 0.1) is 5.92 Å². The van der Waals surface area contributed by atoms with Crippen molar-refractivity contribution in [1.82, 2.24) is 20.3 Å². The first-order valence-corrected chi connectivity index (χ1v) is 8.23. The van der Waals surface area contributed by atoms with Crippen LogP contribution in [0.5, 0.6) is 0 Å². The monoisotopic (exact) mass is 322 g/mol. The summed E-state index contributed by atoms with van der Waals surface area (Å²) in [5, 5.41) is 13.7. The van der Waals surface area contributed by atoms with Crippen molar-refractivity contribution in [2.45, 2.75) is 32.9 Å². The molecule has 3 aromatic rings. The number of hydrogen-bond donors (Lipinski definition) is 1. The van der Waals surface area contributed by atoms with Gasteiger partial charge in [-0.25, -0.2) is 0 Å². The molecule has 1 aromatic heterocycles. The predicted octanol–water partition coefficient (Wildman–Crippen LogP) is 2.81. The van der Waals surface area contributed by atoms with E-state index in [1.807, 2.05) is 24.3 Å². The number of benzene rings is 2. The molecular weight excluding hydrogens is 300 g/mol. The minimum atomic E-state index is -0.000114. The van der Waals surface area contributed by atoms with E-state index in [-0.39, 0.29) is 11.9 Å². The molecule has 0 saturated carbocycles. The number of amides is 1. The standard InChI is InChI=1S/C19H22N4O/c1-14(2)18(13-23-20-10-11-21-23)22-19(24)12-16-8-5-7-15-6-3-4-9-17(15)16/h3-11,14,18H,12-13H2,1-2H3,(H,22,24). The molecule has 1 amide bonds. The van der Waals surface area contributed by atoms with E-state index in [1.54, 1.807) is 17.2 Å². The second kappa shape index (κ2) is 7.25. The maximum Gasteiger partial charge on any atom is 0.224 e. The van der Waals surface area contributed by atoms with Crippen LogP contribution >= 0.6 is 0 Å². The quantitative estimate of drug-likeness (QED) is 0.759. The molecule has 0 radical (unpaired) electrons. The molecule has 0 aliphatic heterocycles. The SMILES string of the molecule is CC(C)C(Cn1nccn1)NC(=O)Cc1cccc2ccccc12. The van der Waals surface area contributed by atoms with Gasteiger partial charge in [0.2, 0.25) is 5.91 Å². The van der Waals surface area contributed by atoms with Gasteiger partial charge in [0, 0.05) is 0 Å². The summed E-state index contributed by atoms with van der Waals surface area (Å²) in [4.78, 5) is 14.2. The molecule has 1 unspecified atom stereocenters. The predicted molar refractivity (Wildman–Crippen MR) is 94.4 cm³/mol. The van der Waals surface area contributed by atoms with Crippen molar-refractivity contribution in [3.05, 3.63) is 60.4 Å². The minimum absolute atomic E-state index is 0.000114.